The van der Waals surface area contributed by atoms with E-state index in [2.05, 4.69) is 4.98 Å². The average molecular weight is 261 g/mol. The molecule has 0 fully saturated rings. The van der Waals surface area contributed by atoms with Crippen LogP contribution in [0.4, 0.5) is 4.39 Å². The molecule has 0 aliphatic heterocycles. The number of hydrogen-bond acceptors (Lipinski definition) is 4. The van der Waals surface area contributed by atoms with Crippen molar-refractivity contribution >= 4 is 5.97 Å². The molecular weight excluding hydrogens is 249 g/mol. The zero-order valence-electron chi connectivity index (χ0n) is 10.3. The van der Waals surface area contributed by atoms with Crippen LogP contribution < -0.4 is 4.74 Å². The summed E-state index contributed by atoms with van der Waals surface area (Å²) in [5, 5.41) is 0. The smallest absolute Gasteiger partial charge is 0.343 e. The van der Waals surface area contributed by atoms with Gasteiger partial charge in [0.05, 0.1) is 7.11 Å². The predicted molar refractivity (Wildman–Crippen MR) is 66.3 cm³/mol. The molecule has 0 atom stereocenters. The lowest BCUT2D eigenvalue weighted by Crippen LogP contribution is -2.09. The van der Waals surface area contributed by atoms with Gasteiger partial charge in [0.2, 0.25) is 11.8 Å². The summed E-state index contributed by atoms with van der Waals surface area (Å²) in [6.45, 7) is 0.0884. The van der Waals surface area contributed by atoms with Gasteiger partial charge < -0.3 is 9.47 Å². The molecule has 0 radical (unpaired) electrons. The van der Waals surface area contributed by atoms with Gasteiger partial charge in [-0.15, -0.1) is 0 Å². The summed E-state index contributed by atoms with van der Waals surface area (Å²) < 4.78 is 23.3. The first-order valence-electron chi connectivity index (χ1n) is 5.62. The second-order valence-electron chi connectivity index (χ2n) is 3.75. The van der Waals surface area contributed by atoms with Crippen LogP contribution in [0.5, 0.6) is 5.88 Å². The second-order valence-corrected chi connectivity index (χ2v) is 3.75. The highest BCUT2D eigenvalue weighted by atomic mass is 19.1. The van der Waals surface area contributed by atoms with Crippen LogP contribution in [-0.2, 0) is 11.3 Å². The first-order chi connectivity index (χ1) is 9.20. The van der Waals surface area contributed by atoms with Gasteiger partial charge in [-0.05, 0) is 11.6 Å². The van der Waals surface area contributed by atoms with E-state index in [4.69, 9.17) is 9.47 Å². The van der Waals surface area contributed by atoms with Gasteiger partial charge in [-0.1, -0.05) is 30.3 Å². The lowest BCUT2D eigenvalue weighted by Gasteiger charge is -2.06. The normalized spacial score (nSPS) is 10.0. The molecule has 2 rings (SSSR count). The van der Waals surface area contributed by atoms with Gasteiger partial charge in [0.15, 0.2) is 0 Å². The number of benzene rings is 1. The molecule has 0 bridgehead atoms. The van der Waals surface area contributed by atoms with Gasteiger partial charge >= 0.3 is 5.97 Å². The van der Waals surface area contributed by atoms with E-state index < -0.39 is 11.9 Å². The van der Waals surface area contributed by atoms with Gasteiger partial charge in [0.1, 0.15) is 12.2 Å². The van der Waals surface area contributed by atoms with Crippen molar-refractivity contribution < 1.29 is 18.7 Å². The van der Waals surface area contributed by atoms with Gasteiger partial charge in [0, 0.05) is 6.07 Å². The number of aromatic nitrogens is 1. The van der Waals surface area contributed by atoms with Crippen LogP contribution in [0.3, 0.4) is 0 Å². The molecule has 5 heteroatoms. The number of methoxy groups -OCH3 is 1. The zero-order chi connectivity index (χ0) is 13.7. The SMILES string of the molecule is COc1ccc(C(=O)OCc2ccccc2)c(F)n1. The quantitative estimate of drug-likeness (QED) is 0.627. The first kappa shape index (κ1) is 13.0. The highest BCUT2D eigenvalue weighted by Crippen LogP contribution is 2.13. The topological polar surface area (TPSA) is 48.4 Å². The fourth-order valence-corrected chi connectivity index (χ4v) is 1.48. The lowest BCUT2D eigenvalue weighted by atomic mass is 10.2. The largest absolute Gasteiger partial charge is 0.481 e. The van der Waals surface area contributed by atoms with Crippen LogP contribution in [-0.4, -0.2) is 18.1 Å². The Morgan fingerprint density at radius 1 is 1.21 bits per heavy atom. The number of halogens is 1. The summed E-state index contributed by atoms with van der Waals surface area (Å²) in [5.74, 6) is -1.55. The molecule has 0 saturated carbocycles. The lowest BCUT2D eigenvalue weighted by molar-refractivity contribution is 0.0466. The number of ether oxygens (including phenoxy) is 2. The molecule has 1 aromatic carbocycles. The van der Waals surface area contributed by atoms with E-state index in [0.29, 0.717) is 0 Å². The van der Waals surface area contributed by atoms with E-state index in [1.165, 1.54) is 19.2 Å². The van der Waals surface area contributed by atoms with Gasteiger partial charge in [-0.2, -0.15) is 9.37 Å². The molecule has 0 spiro atoms. The number of pyridine rings is 1. The Labute approximate surface area is 109 Å². The Morgan fingerprint density at radius 3 is 2.58 bits per heavy atom. The van der Waals surface area contributed by atoms with E-state index in [1.807, 2.05) is 30.3 Å². The van der Waals surface area contributed by atoms with Gasteiger partial charge in [0.25, 0.3) is 0 Å². The number of nitrogens with zero attached hydrogens (tertiary/aromatic N) is 1. The minimum atomic E-state index is -0.905. The monoisotopic (exact) mass is 261 g/mol. The highest BCUT2D eigenvalue weighted by molar-refractivity contribution is 5.89. The predicted octanol–water partition coefficient (Wildman–Crippen LogP) is 2.59. The summed E-state index contributed by atoms with van der Waals surface area (Å²) in [5.41, 5.74) is 0.620. The van der Waals surface area contributed by atoms with Crippen LogP contribution in [0.1, 0.15) is 15.9 Å². The molecule has 0 amide bonds. The highest BCUT2D eigenvalue weighted by Gasteiger charge is 2.15. The van der Waals surface area contributed by atoms with Crippen molar-refractivity contribution in [3.05, 3.63) is 59.5 Å². The molecule has 0 aliphatic carbocycles. The summed E-state index contributed by atoms with van der Waals surface area (Å²) in [7, 11) is 1.37. The molecular formula is C14H12FNO3. The Balaban J connectivity index is 2.04. The average Bonchev–Trinajstić information content (AvgIpc) is 2.45. The van der Waals surface area contributed by atoms with Crippen molar-refractivity contribution in [2.45, 2.75) is 6.61 Å². The molecule has 1 aromatic heterocycles. The molecule has 1 heterocycles. The Bertz CT molecular complexity index is 572. The Morgan fingerprint density at radius 2 is 1.95 bits per heavy atom. The van der Waals surface area contributed by atoms with Crippen LogP contribution in [0.25, 0.3) is 0 Å². The summed E-state index contributed by atoms with van der Waals surface area (Å²) >= 11 is 0. The van der Waals surface area contributed by atoms with Crippen LogP contribution >= 0.6 is 0 Å². The molecule has 4 nitrogen and oxygen atoms in total. The van der Waals surface area contributed by atoms with E-state index >= 15 is 0 Å². The number of hydrogen-bond donors (Lipinski definition) is 0. The molecule has 0 N–H and O–H groups in total. The van der Waals surface area contributed by atoms with E-state index in [9.17, 15) is 9.18 Å². The minimum Gasteiger partial charge on any atom is -0.481 e. The van der Waals surface area contributed by atoms with Crippen LogP contribution in [0, 0.1) is 5.95 Å². The standard InChI is InChI=1S/C14H12FNO3/c1-18-12-8-7-11(13(15)16-12)14(17)19-9-10-5-3-2-4-6-10/h2-8H,9H2,1H3. The van der Waals surface area contributed by atoms with E-state index in [0.717, 1.165) is 5.56 Å². The van der Waals surface area contributed by atoms with Crippen molar-refractivity contribution in [1.29, 1.82) is 0 Å². The maximum Gasteiger partial charge on any atom is 0.343 e. The third-order valence-electron chi connectivity index (χ3n) is 2.46. The zero-order valence-corrected chi connectivity index (χ0v) is 10.3. The summed E-state index contributed by atoms with van der Waals surface area (Å²) in [6, 6.07) is 11.8. The molecule has 19 heavy (non-hydrogen) atoms. The third kappa shape index (κ3) is 3.28. The van der Waals surface area contributed by atoms with Crippen molar-refractivity contribution in [3.8, 4) is 5.88 Å². The van der Waals surface area contributed by atoms with Crippen LogP contribution in [0.2, 0.25) is 0 Å². The fourth-order valence-electron chi connectivity index (χ4n) is 1.48. The third-order valence-corrected chi connectivity index (χ3v) is 2.46. The fraction of sp³-hybridized carbons (Fsp3) is 0.143. The van der Waals surface area contributed by atoms with Gasteiger partial charge in [-0.25, -0.2) is 4.79 Å². The second kappa shape index (κ2) is 5.95. The van der Waals surface area contributed by atoms with Crippen molar-refractivity contribution in [2.75, 3.05) is 7.11 Å². The van der Waals surface area contributed by atoms with Crippen LogP contribution in [0.15, 0.2) is 42.5 Å². The van der Waals surface area contributed by atoms with E-state index in [-0.39, 0.29) is 18.1 Å². The maximum absolute atomic E-state index is 13.5. The number of carbonyl (C=O) groups excluding carboxylic acids is 1. The van der Waals surface area contributed by atoms with Crippen molar-refractivity contribution in [2.24, 2.45) is 0 Å². The molecule has 98 valence electrons. The number of rotatable bonds is 4. The molecule has 0 saturated heterocycles. The number of esters is 1. The first-order valence-corrected chi connectivity index (χ1v) is 5.62. The maximum atomic E-state index is 13.5. The molecule has 2 aromatic rings. The number of carbonyl (C=O) groups is 1. The Hall–Kier alpha value is -2.43. The van der Waals surface area contributed by atoms with E-state index in [1.54, 1.807) is 0 Å². The molecule has 0 unspecified atom stereocenters. The Kier molecular flexibility index (Phi) is 4.07. The van der Waals surface area contributed by atoms with Crippen molar-refractivity contribution in [3.63, 3.8) is 0 Å². The summed E-state index contributed by atoms with van der Waals surface area (Å²) in [6.07, 6.45) is 0. The molecule has 0 aliphatic rings. The van der Waals surface area contributed by atoms with Gasteiger partial charge in [-0.3, -0.25) is 0 Å². The van der Waals surface area contributed by atoms with Crippen molar-refractivity contribution in [1.82, 2.24) is 4.98 Å². The summed E-state index contributed by atoms with van der Waals surface area (Å²) in [4.78, 5) is 15.2. The minimum absolute atomic E-state index is 0.0884.